The van der Waals surface area contributed by atoms with Gasteiger partial charge in [0, 0.05) is 6.54 Å². The lowest BCUT2D eigenvalue weighted by molar-refractivity contribution is 0.0945. The summed E-state index contributed by atoms with van der Waals surface area (Å²) < 4.78 is 5.08. The van der Waals surface area contributed by atoms with Gasteiger partial charge in [-0.15, -0.1) is 0 Å². The molecule has 1 heterocycles. The SMILES string of the molecule is COc1ccc(CNC(=O)c2cc(C=NO)nc(C)n2)cc1. The van der Waals surface area contributed by atoms with Gasteiger partial charge in [-0.3, -0.25) is 4.79 Å². The molecule has 0 saturated heterocycles. The molecule has 0 saturated carbocycles. The normalized spacial score (nSPS) is 10.6. The largest absolute Gasteiger partial charge is 0.497 e. The highest BCUT2D eigenvalue weighted by Crippen LogP contribution is 2.11. The first-order valence-corrected chi connectivity index (χ1v) is 6.56. The van der Waals surface area contributed by atoms with Gasteiger partial charge in [-0.25, -0.2) is 9.97 Å². The second kappa shape index (κ2) is 7.16. The summed E-state index contributed by atoms with van der Waals surface area (Å²) in [5.41, 5.74) is 1.53. The number of aromatic nitrogens is 2. The zero-order chi connectivity index (χ0) is 15.9. The predicted molar refractivity (Wildman–Crippen MR) is 80.3 cm³/mol. The van der Waals surface area contributed by atoms with Crippen LogP contribution in [0.5, 0.6) is 5.75 Å². The van der Waals surface area contributed by atoms with Crippen LogP contribution < -0.4 is 10.1 Å². The molecule has 1 aromatic heterocycles. The Morgan fingerprint density at radius 1 is 1.36 bits per heavy atom. The number of benzene rings is 1. The van der Waals surface area contributed by atoms with Crippen molar-refractivity contribution in [3.05, 3.63) is 53.1 Å². The number of carbonyl (C=O) groups is 1. The van der Waals surface area contributed by atoms with E-state index >= 15 is 0 Å². The fourth-order valence-corrected chi connectivity index (χ4v) is 1.85. The van der Waals surface area contributed by atoms with Gasteiger partial charge in [-0.05, 0) is 30.7 Å². The van der Waals surface area contributed by atoms with Gasteiger partial charge in [0.1, 0.15) is 17.3 Å². The van der Waals surface area contributed by atoms with Crippen LogP contribution in [0.3, 0.4) is 0 Å². The van der Waals surface area contributed by atoms with E-state index in [1.54, 1.807) is 14.0 Å². The first-order valence-electron chi connectivity index (χ1n) is 6.56. The molecule has 2 N–H and O–H groups in total. The maximum atomic E-state index is 12.1. The third-order valence-electron chi connectivity index (χ3n) is 2.89. The van der Waals surface area contributed by atoms with Crippen LogP contribution in [0.15, 0.2) is 35.5 Å². The van der Waals surface area contributed by atoms with E-state index in [1.165, 1.54) is 6.07 Å². The van der Waals surface area contributed by atoms with Gasteiger partial charge >= 0.3 is 0 Å². The lowest BCUT2D eigenvalue weighted by atomic mass is 10.2. The van der Waals surface area contributed by atoms with Gasteiger partial charge in [0.15, 0.2) is 0 Å². The highest BCUT2D eigenvalue weighted by Gasteiger charge is 2.09. The van der Waals surface area contributed by atoms with E-state index in [2.05, 4.69) is 20.4 Å². The Morgan fingerprint density at radius 3 is 2.73 bits per heavy atom. The third kappa shape index (κ3) is 4.02. The summed E-state index contributed by atoms with van der Waals surface area (Å²) in [5.74, 6) is 0.857. The number of rotatable bonds is 5. The van der Waals surface area contributed by atoms with Crippen molar-refractivity contribution in [1.29, 1.82) is 0 Å². The second-order valence-electron chi connectivity index (χ2n) is 4.50. The Labute approximate surface area is 127 Å². The number of hydrogen-bond donors (Lipinski definition) is 2. The van der Waals surface area contributed by atoms with Crippen molar-refractivity contribution in [1.82, 2.24) is 15.3 Å². The monoisotopic (exact) mass is 300 g/mol. The molecule has 2 rings (SSSR count). The molecule has 0 spiro atoms. The van der Waals surface area contributed by atoms with E-state index < -0.39 is 0 Å². The molecular formula is C15H16N4O3. The Bertz CT molecular complexity index is 684. The molecule has 114 valence electrons. The lowest BCUT2D eigenvalue weighted by Gasteiger charge is -2.07. The zero-order valence-corrected chi connectivity index (χ0v) is 12.3. The quantitative estimate of drug-likeness (QED) is 0.496. The minimum atomic E-state index is -0.325. The van der Waals surface area contributed by atoms with E-state index in [0.717, 1.165) is 17.5 Å². The molecule has 0 aliphatic carbocycles. The fourth-order valence-electron chi connectivity index (χ4n) is 1.85. The number of nitrogens with zero attached hydrogens (tertiary/aromatic N) is 3. The van der Waals surface area contributed by atoms with Gasteiger partial charge in [-0.1, -0.05) is 17.3 Å². The molecule has 2 aromatic rings. The predicted octanol–water partition coefficient (Wildman–Crippen LogP) is 1.53. The van der Waals surface area contributed by atoms with Crippen LogP contribution >= 0.6 is 0 Å². The summed E-state index contributed by atoms with van der Waals surface area (Å²) in [4.78, 5) is 20.2. The van der Waals surface area contributed by atoms with Crippen molar-refractivity contribution >= 4 is 12.1 Å². The highest BCUT2D eigenvalue weighted by molar-refractivity contribution is 5.93. The molecule has 0 atom stereocenters. The number of oxime groups is 1. The number of nitrogens with one attached hydrogen (secondary N) is 1. The van der Waals surface area contributed by atoms with E-state index in [0.29, 0.717) is 18.1 Å². The summed E-state index contributed by atoms with van der Waals surface area (Å²) in [6.45, 7) is 2.03. The summed E-state index contributed by atoms with van der Waals surface area (Å²) in [6, 6.07) is 8.84. The molecule has 1 amide bonds. The van der Waals surface area contributed by atoms with Crippen LogP contribution in [0.1, 0.15) is 27.6 Å². The second-order valence-corrected chi connectivity index (χ2v) is 4.50. The fraction of sp³-hybridized carbons (Fsp3) is 0.200. The standard InChI is InChI=1S/C15H16N4O3/c1-10-18-12(9-17-21)7-14(19-10)15(20)16-8-11-3-5-13(22-2)6-4-11/h3-7,9,21H,8H2,1-2H3,(H,16,20). The van der Waals surface area contributed by atoms with E-state index in [1.807, 2.05) is 24.3 Å². The van der Waals surface area contributed by atoms with Crippen LogP contribution in [0, 0.1) is 6.92 Å². The Morgan fingerprint density at radius 2 is 2.09 bits per heavy atom. The van der Waals surface area contributed by atoms with E-state index in [9.17, 15) is 4.79 Å². The van der Waals surface area contributed by atoms with E-state index in [-0.39, 0.29) is 11.6 Å². The molecule has 0 bridgehead atoms. The Kier molecular flexibility index (Phi) is 5.02. The Balaban J connectivity index is 2.05. The van der Waals surface area contributed by atoms with Gasteiger partial charge in [0.2, 0.25) is 0 Å². The summed E-state index contributed by atoms with van der Waals surface area (Å²) >= 11 is 0. The van der Waals surface area contributed by atoms with Gasteiger partial charge in [0.25, 0.3) is 5.91 Å². The van der Waals surface area contributed by atoms with Crippen LogP contribution in [0.4, 0.5) is 0 Å². The van der Waals surface area contributed by atoms with Crippen LogP contribution in [-0.2, 0) is 6.54 Å². The number of methoxy groups -OCH3 is 1. The van der Waals surface area contributed by atoms with Crippen molar-refractivity contribution in [2.24, 2.45) is 5.16 Å². The third-order valence-corrected chi connectivity index (χ3v) is 2.89. The maximum absolute atomic E-state index is 12.1. The summed E-state index contributed by atoms with van der Waals surface area (Å²) in [5, 5.41) is 14.2. The van der Waals surface area contributed by atoms with Crippen molar-refractivity contribution in [2.75, 3.05) is 7.11 Å². The van der Waals surface area contributed by atoms with Crippen molar-refractivity contribution in [3.8, 4) is 5.75 Å². The molecule has 0 radical (unpaired) electrons. The molecule has 22 heavy (non-hydrogen) atoms. The first kappa shape index (κ1) is 15.4. The Hall–Kier alpha value is -2.96. The average molecular weight is 300 g/mol. The van der Waals surface area contributed by atoms with E-state index in [4.69, 9.17) is 9.94 Å². The number of carbonyl (C=O) groups excluding carboxylic acids is 1. The maximum Gasteiger partial charge on any atom is 0.270 e. The number of amides is 1. The van der Waals surface area contributed by atoms with Crippen molar-refractivity contribution in [2.45, 2.75) is 13.5 Å². The smallest absolute Gasteiger partial charge is 0.270 e. The topological polar surface area (TPSA) is 96.7 Å². The minimum Gasteiger partial charge on any atom is -0.497 e. The molecule has 0 unspecified atom stereocenters. The molecule has 7 heteroatoms. The minimum absolute atomic E-state index is 0.218. The number of hydrogen-bond acceptors (Lipinski definition) is 6. The number of ether oxygens (including phenoxy) is 1. The van der Waals surface area contributed by atoms with Gasteiger partial charge in [0.05, 0.1) is 19.0 Å². The molecule has 0 aliphatic heterocycles. The van der Waals surface area contributed by atoms with Gasteiger partial charge < -0.3 is 15.3 Å². The molecule has 7 nitrogen and oxygen atoms in total. The van der Waals surface area contributed by atoms with Crippen LogP contribution in [0.2, 0.25) is 0 Å². The zero-order valence-electron chi connectivity index (χ0n) is 12.3. The summed E-state index contributed by atoms with van der Waals surface area (Å²) in [7, 11) is 1.60. The van der Waals surface area contributed by atoms with Gasteiger partial charge in [-0.2, -0.15) is 0 Å². The van der Waals surface area contributed by atoms with Crippen LogP contribution in [-0.4, -0.2) is 34.4 Å². The number of aryl methyl sites for hydroxylation is 1. The molecule has 0 aliphatic rings. The molecular weight excluding hydrogens is 284 g/mol. The highest BCUT2D eigenvalue weighted by atomic mass is 16.5. The average Bonchev–Trinajstić information content (AvgIpc) is 2.53. The molecule has 0 fully saturated rings. The van der Waals surface area contributed by atoms with Crippen molar-refractivity contribution in [3.63, 3.8) is 0 Å². The molecule has 1 aromatic carbocycles. The first-order chi connectivity index (χ1) is 10.6. The van der Waals surface area contributed by atoms with Crippen LogP contribution in [0.25, 0.3) is 0 Å². The van der Waals surface area contributed by atoms with Crippen molar-refractivity contribution < 1.29 is 14.7 Å². The lowest BCUT2D eigenvalue weighted by Crippen LogP contribution is -2.24. The summed E-state index contributed by atoms with van der Waals surface area (Å²) in [6.07, 6.45) is 1.15.